The molecule has 4 nitrogen and oxygen atoms in total. The molecule has 0 aliphatic heterocycles. The van der Waals surface area contributed by atoms with Crippen molar-refractivity contribution in [3.8, 4) is 0 Å². The summed E-state index contributed by atoms with van der Waals surface area (Å²) in [6, 6.07) is 2.83. The fourth-order valence-electron chi connectivity index (χ4n) is 1.50. The molecule has 104 valence electrons. The third-order valence-electron chi connectivity index (χ3n) is 2.57. The number of benzene rings is 1. The number of rotatable bonds is 3. The molecule has 0 saturated heterocycles. The number of hydrogen-bond acceptors (Lipinski definition) is 2. The van der Waals surface area contributed by atoms with Crippen LogP contribution in [0.15, 0.2) is 22.7 Å². The summed E-state index contributed by atoms with van der Waals surface area (Å²) in [4.78, 5) is 23.1. The molecule has 1 aromatic rings. The topological polar surface area (TPSA) is 66.4 Å². The molecule has 0 radical (unpaired) electrons. The summed E-state index contributed by atoms with van der Waals surface area (Å²) in [6.45, 7) is 5.11. The van der Waals surface area contributed by atoms with E-state index in [0.717, 1.165) is 6.07 Å². The number of hydrogen-bond donors (Lipinski definition) is 2. The summed E-state index contributed by atoms with van der Waals surface area (Å²) in [5, 5.41) is 11.5. The van der Waals surface area contributed by atoms with Crippen LogP contribution in [0.1, 0.15) is 31.1 Å². The van der Waals surface area contributed by atoms with Crippen LogP contribution in [0.25, 0.3) is 0 Å². The zero-order valence-electron chi connectivity index (χ0n) is 10.8. The van der Waals surface area contributed by atoms with Gasteiger partial charge in [-0.05, 0) is 39.5 Å². The molecule has 1 unspecified atom stereocenters. The molecule has 0 aromatic heterocycles. The van der Waals surface area contributed by atoms with Gasteiger partial charge in [0.15, 0.2) is 0 Å². The molecule has 0 bridgehead atoms. The largest absolute Gasteiger partial charge is 0.480 e. The average Bonchev–Trinajstić information content (AvgIpc) is 2.27. The van der Waals surface area contributed by atoms with E-state index in [4.69, 9.17) is 5.11 Å². The molecular weight excluding hydrogens is 317 g/mol. The first-order valence-electron chi connectivity index (χ1n) is 5.61. The quantitative estimate of drug-likeness (QED) is 0.894. The van der Waals surface area contributed by atoms with Crippen LogP contribution in [0.3, 0.4) is 0 Å². The van der Waals surface area contributed by atoms with Crippen molar-refractivity contribution in [1.29, 1.82) is 0 Å². The van der Waals surface area contributed by atoms with E-state index >= 15 is 0 Å². The van der Waals surface area contributed by atoms with Crippen molar-refractivity contribution in [3.63, 3.8) is 0 Å². The Labute approximate surface area is 119 Å². The van der Waals surface area contributed by atoms with Crippen LogP contribution in [0.4, 0.5) is 4.39 Å². The van der Waals surface area contributed by atoms with Gasteiger partial charge in [-0.2, -0.15) is 0 Å². The lowest BCUT2D eigenvalue weighted by Gasteiger charge is -2.27. The molecule has 2 N–H and O–H groups in total. The highest BCUT2D eigenvalue weighted by atomic mass is 79.9. The van der Waals surface area contributed by atoms with Crippen LogP contribution in [0.5, 0.6) is 0 Å². The minimum Gasteiger partial charge on any atom is -0.480 e. The van der Waals surface area contributed by atoms with Gasteiger partial charge in [-0.3, -0.25) is 4.79 Å². The number of nitrogens with one attached hydrogen (secondary N) is 1. The summed E-state index contributed by atoms with van der Waals surface area (Å²) >= 11 is 2.98. The van der Waals surface area contributed by atoms with Crippen LogP contribution < -0.4 is 5.32 Å². The smallest absolute Gasteiger partial charge is 0.326 e. The molecular formula is C13H15BrFNO3. The number of carboxylic acid groups (broad SMARTS) is 1. The van der Waals surface area contributed by atoms with Crippen molar-refractivity contribution in [1.82, 2.24) is 5.32 Å². The minimum atomic E-state index is -1.13. The maximum atomic E-state index is 13.3. The van der Waals surface area contributed by atoms with E-state index in [9.17, 15) is 14.0 Å². The van der Waals surface area contributed by atoms with Crippen LogP contribution in [0, 0.1) is 11.2 Å². The second kappa shape index (κ2) is 5.69. The molecule has 0 aliphatic rings. The molecule has 0 spiro atoms. The molecule has 0 heterocycles. The second-order valence-corrected chi connectivity index (χ2v) is 6.09. The predicted molar refractivity (Wildman–Crippen MR) is 72.4 cm³/mol. The lowest BCUT2D eigenvalue weighted by atomic mass is 9.86. The molecule has 0 saturated carbocycles. The van der Waals surface area contributed by atoms with Gasteiger partial charge in [-0.15, -0.1) is 0 Å². The standard InChI is InChI=1S/C13H15BrFNO3/c1-13(2,3)10(12(18)19)16-11(17)7-4-5-8(14)9(15)6-7/h4-6,10H,1-3H3,(H,16,17)(H,18,19). The van der Waals surface area contributed by atoms with Crippen molar-refractivity contribution in [2.75, 3.05) is 0 Å². The third-order valence-corrected chi connectivity index (χ3v) is 3.21. The normalized spacial score (nSPS) is 12.9. The molecule has 0 fully saturated rings. The van der Waals surface area contributed by atoms with Crippen LogP contribution in [0.2, 0.25) is 0 Å². The number of aliphatic carboxylic acids is 1. The van der Waals surface area contributed by atoms with Crippen molar-refractivity contribution < 1.29 is 19.1 Å². The Kier molecular flexibility index (Phi) is 4.68. The Hall–Kier alpha value is -1.43. The number of amides is 1. The Morgan fingerprint density at radius 2 is 1.95 bits per heavy atom. The van der Waals surface area contributed by atoms with E-state index in [1.165, 1.54) is 12.1 Å². The zero-order chi connectivity index (χ0) is 14.8. The van der Waals surface area contributed by atoms with Gasteiger partial charge < -0.3 is 10.4 Å². The van der Waals surface area contributed by atoms with E-state index in [1.807, 2.05) is 0 Å². The Bertz CT molecular complexity index is 511. The first-order valence-corrected chi connectivity index (χ1v) is 6.41. The van der Waals surface area contributed by atoms with Gasteiger partial charge in [-0.25, -0.2) is 9.18 Å². The minimum absolute atomic E-state index is 0.0798. The lowest BCUT2D eigenvalue weighted by molar-refractivity contribution is -0.142. The molecule has 1 rings (SSSR count). The molecule has 1 aromatic carbocycles. The molecule has 0 aliphatic carbocycles. The Morgan fingerprint density at radius 3 is 2.37 bits per heavy atom. The maximum Gasteiger partial charge on any atom is 0.326 e. The first-order chi connectivity index (χ1) is 8.62. The fourth-order valence-corrected chi connectivity index (χ4v) is 1.75. The van der Waals surface area contributed by atoms with E-state index in [0.29, 0.717) is 0 Å². The van der Waals surface area contributed by atoms with Gasteiger partial charge in [0.25, 0.3) is 5.91 Å². The van der Waals surface area contributed by atoms with Gasteiger partial charge in [0.2, 0.25) is 0 Å². The zero-order valence-corrected chi connectivity index (χ0v) is 12.4. The number of carboxylic acids is 1. The fraction of sp³-hybridized carbons (Fsp3) is 0.385. The van der Waals surface area contributed by atoms with E-state index < -0.39 is 29.2 Å². The summed E-state index contributed by atoms with van der Waals surface area (Å²) < 4.78 is 13.6. The molecule has 1 amide bonds. The van der Waals surface area contributed by atoms with Crippen molar-refractivity contribution in [2.45, 2.75) is 26.8 Å². The Morgan fingerprint density at radius 1 is 1.37 bits per heavy atom. The van der Waals surface area contributed by atoms with Gasteiger partial charge in [-0.1, -0.05) is 20.8 Å². The van der Waals surface area contributed by atoms with Crippen LogP contribution >= 0.6 is 15.9 Å². The maximum absolute atomic E-state index is 13.3. The summed E-state index contributed by atoms with van der Waals surface area (Å²) in [7, 11) is 0. The predicted octanol–water partition coefficient (Wildman–Crippen LogP) is 2.82. The summed E-state index contributed by atoms with van der Waals surface area (Å²) in [6.07, 6.45) is 0. The van der Waals surface area contributed by atoms with E-state index in [1.54, 1.807) is 20.8 Å². The summed E-state index contributed by atoms with van der Waals surface area (Å²) in [5.74, 6) is -2.32. The number of halogens is 2. The lowest BCUT2D eigenvalue weighted by Crippen LogP contribution is -2.49. The first kappa shape index (κ1) is 15.6. The van der Waals surface area contributed by atoms with Gasteiger partial charge >= 0.3 is 5.97 Å². The highest BCUT2D eigenvalue weighted by molar-refractivity contribution is 9.10. The van der Waals surface area contributed by atoms with Crippen LogP contribution in [-0.4, -0.2) is 23.0 Å². The number of carbonyl (C=O) groups excluding carboxylic acids is 1. The monoisotopic (exact) mass is 331 g/mol. The van der Waals surface area contributed by atoms with Gasteiger partial charge in [0.05, 0.1) is 4.47 Å². The van der Waals surface area contributed by atoms with Crippen molar-refractivity contribution in [2.24, 2.45) is 5.41 Å². The highest BCUT2D eigenvalue weighted by Gasteiger charge is 2.32. The van der Waals surface area contributed by atoms with E-state index in [2.05, 4.69) is 21.2 Å². The Balaban J connectivity index is 2.94. The van der Waals surface area contributed by atoms with Crippen molar-refractivity contribution >= 4 is 27.8 Å². The molecule has 19 heavy (non-hydrogen) atoms. The van der Waals surface area contributed by atoms with E-state index in [-0.39, 0.29) is 10.0 Å². The SMILES string of the molecule is CC(C)(C)C(NC(=O)c1ccc(Br)c(F)c1)C(=O)O. The highest BCUT2D eigenvalue weighted by Crippen LogP contribution is 2.21. The molecule has 6 heteroatoms. The number of carbonyl (C=O) groups is 2. The van der Waals surface area contributed by atoms with Gasteiger partial charge in [0.1, 0.15) is 11.9 Å². The van der Waals surface area contributed by atoms with Crippen molar-refractivity contribution in [3.05, 3.63) is 34.1 Å². The average molecular weight is 332 g/mol. The summed E-state index contributed by atoms with van der Waals surface area (Å²) in [5.41, 5.74) is -0.564. The third kappa shape index (κ3) is 4.02. The van der Waals surface area contributed by atoms with Crippen LogP contribution in [-0.2, 0) is 4.79 Å². The van der Waals surface area contributed by atoms with Gasteiger partial charge in [0, 0.05) is 5.56 Å². The molecule has 1 atom stereocenters. The second-order valence-electron chi connectivity index (χ2n) is 5.24.